The van der Waals surface area contributed by atoms with Gasteiger partial charge in [0.15, 0.2) is 0 Å². The molecule has 5 atom stereocenters. The Balaban J connectivity index is 2.47. The first kappa shape index (κ1) is 13.5. The lowest BCUT2D eigenvalue weighted by Gasteiger charge is -2.39. The summed E-state index contributed by atoms with van der Waals surface area (Å²) in [5, 5.41) is 0. The molecular formula is C13H21F2N3. The van der Waals surface area contributed by atoms with Crippen LogP contribution >= 0.6 is 0 Å². The van der Waals surface area contributed by atoms with Crippen molar-refractivity contribution < 1.29 is 8.78 Å². The number of nitrogens with two attached hydrogens (primary N) is 3. The van der Waals surface area contributed by atoms with E-state index in [1.807, 2.05) is 0 Å². The fourth-order valence-corrected chi connectivity index (χ4v) is 3.06. The Kier molecular flexibility index (Phi) is 3.47. The number of fused-ring (bicyclic) bond motifs is 4. The van der Waals surface area contributed by atoms with Gasteiger partial charge >= 0.3 is 0 Å². The van der Waals surface area contributed by atoms with Gasteiger partial charge in [-0.15, -0.1) is 0 Å². The zero-order chi connectivity index (χ0) is 13.5. The molecule has 0 amide bonds. The van der Waals surface area contributed by atoms with E-state index in [0.29, 0.717) is 13.0 Å². The molecular weight excluding hydrogens is 236 g/mol. The molecule has 0 heterocycles. The molecule has 0 spiro atoms. The van der Waals surface area contributed by atoms with Gasteiger partial charge in [-0.3, -0.25) is 0 Å². The highest BCUT2D eigenvalue weighted by Crippen LogP contribution is 2.43. The molecule has 0 fully saturated rings. The van der Waals surface area contributed by atoms with Gasteiger partial charge in [-0.1, -0.05) is 12.2 Å². The first-order chi connectivity index (χ1) is 8.36. The molecule has 2 bridgehead atoms. The van der Waals surface area contributed by atoms with E-state index in [-0.39, 0.29) is 18.0 Å². The minimum absolute atomic E-state index is 0.0361. The second-order valence-electron chi connectivity index (χ2n) is 5.72. The molecule has 6 N–H and O–H groups in total. The number of halogens is 2. The SMILES string of the molecule is C[C@@]1(N)CC(CN)C=CC2C(F)=C(N)C1CC2F. The molecule has 0 aromatic heterocycles. The summed E-state index contributed by atoms with van der Waals surface area (Å²) in [6.45, 7) is 2.22. The third-order valence-electron chi connectivity index (χ3n) is 4.19. The van der Waals surface area contributed by atoms with Crippen molar-refractivity contribution in [3.63, 3.8) is 0 Å². The number of hydrogen-bond acceptors (Lipinski definition) is 3. The maximum absolute atomic E-state index is 14.1. The largest absolute Gasteiger partial charge is 0.400 e. The van der Waals surface area contributed by atoms with Crippen LogP contribution in [0, 0.1) is 17.8 Å². The molecule has 5 heteroatoms. The fraction of sp³-hybridized carbons (Fsp3) is 0.692. The lowest BCUT2D eigenvalue weighted by Crippen LogP contribution is -2.50. The Morgan fingerprint density at radius 2 is 2.11 bits per heavy atom. The maximum atomic E-state index is 14.1. The van der Waals surface area contributed by atoms with E-state index in [2.05, 4.69) is 0 Å². The molecule has 0 aliphatic heterocycles. The van der Waals surface area contributed by atoms with Crippen molar-refractivity contribution >= 4 is 0 Å². The van der Waals surface area contributed by atoms with E-state index < -0.39 is 29.4 Å². The molecule has 4 unspecified atom stereocenters. The summed E-state index contributed by atoms with van der Waals surface area (Å²) in [5.74, 6) is -1.86. The average Bonchev–Trinajstić information content (AvgIpc) is 2.37. The maximum Gasteiger partial charge on any atom is 0.129 e. The number of allylic oxidation sites excluding steroid dienone is 2. The van der Waals surface area contributed by atoms with Gasteiger partial charge < -0.3 is 17.2 Å². The Bertz CT molecular complexity index is 390. The molecule has 3 nitrogen and oxygen atoms in total. The quantitative estimate of drug-likeness (QED) is 0.620. The Labute approximate surface area is 106 Å². The van der Waals surface area contributed by atoms with Crippen LogP contribution < -0.4 is 17.2 Å². The average molecular weight is 257 g/mol. The second-order valence-corrected chi connectivity index (χ2v) is 5.72. The normalized spacial score (nSPS) is 44.7. The zero-order valence-corrected chi connectivity index (χ0v) is 10.6. The standard InChI is InChI=1S/C13H21F2N3/c1-13(18)5-7(6-16)2-3-8-10(14)4-9(13)12(17)11(8)15/h2-3,7-10H,4-6,16-18H2,1H3/t7?,8?,9?,10?,13-/m1/s1. The summed E-state index contributed by atoms with van der Waals surface area (Å²) in [4.78, 5) is 0. The molecule has 3 aliphatic carbocycles. The molecule has 0 aromatic rings. The highest BCUT2D eigenvalue weighted by Gasteiger charge is 2.44. The fourth-order valence-electron chi connectivity index (χ4n) is 3.06. The number of alkyl halides is 1. The van der Waals surface area contributed by atoms with Crippen molar-refractivity contribution in [2.45, 2.75) is 31.5 Å². The summed E-state index contributed by atoms with van der Waals surface area (Å²) in [6, 6.07) is 0. The Hall–Kier alpha value is -0.940. The summed E-state index contributed by atoms with van der Waals surface area (Å²) in [7, 11) is 0. The third kappa shape index (κ3) is 2.17. The predicted octanol–water partition coefficient (Wildman–Crippen LogP) is 1.35. The van der Waals surface area contributed by atoms with Crippen LogP contribution in [-0.4, -0.2) is 18.3 Å². The molecule has 0 radical (unpaired) electrons. The van der Waals surface area contributed by atoms with E-state index in [1.54, 1.807) is 19.1 Å². The van der Waals surface area contributed by atoms with Gasteiger partial charge in [-0.05, 0) is 32.2 Å². The zero-order valence-electron chi connectivity index (χ0n) is 10.6. The molecule has 102 valence electrons. The van der Waals surface area contributed by atoms with Crippen molar-refractivity contribution in [2.24, 2.45) is 35.0 Å². The topological polar surface area (TPSA) is 78.1 Å². The molecule has 18 heavy (non-hydrogen) atoms. The van der Waals surface area contributed by atoms with Crippen LogP contribution in [0.25, 0.3) is 0 Å². The summed E-state index contributed by atoms with van der Waals surface area (Å²) in [5.41, 5.74) is 17.1. The minimum atomic E-state index is -1.27. The van der Waals surface area contributed by atoms with E-state index >= 15 is 0 Å². The molecule has 0 saturated heterocycles. The smallest absolute Gasteiger partial charge is 0.129 e. The van der Waals surface area contributed by atoms with Crippen LogP contribution in [0.4, 0.5) is 8.78 Å². The Morgan fingerprint density at radius 1 is 1.44 bits per heavy atom. The minimum Gasteiger partial charge on any atom is -0.400 e. The first-order valence-electron chi connectivity index (χ1n) is 6.33. The summed E-state index contributed by atoms with van der Waals surface area (Å²) < 4.78 is 28.1. The van der Waals surface area contributed by atoms with Gasteiger partial charge in [0.25, 0.3) is 0 Å². The van der Waals surface area contributed by atoms with Crippen LogP contribution in [0.5, 0.6) is 0 Å². The van der Waals surface area contributed by atoms with E-state index in [0.717, 1.165) is 0 Å². The van der Waals surface area contributed by atoms with Crippen LogP contribution in [0.1, 0.15) is 19.8 Å². The van der Waals surface area contributed by atoms with Gasteiger partial charge in [-0.2, -0.15) is 0 Å². The predicted molar refractivity (Wildman–Crippen MR) is 67.7 cm³/mol. The van der Waals surface area contributed by atoms with Crippen molar-refractivity contribution in [3.8, 4) is 0 Å². The van der Waals surface area contributed by atoms with Gasteiger partial charge in [0.2, 0.25) is 0 Å². The van der Waals surface area contributed by atoms with Crippen LogP contribution in [0.15, 0.2) is 23.7 Å². The summed E-state index contributed by atoms with van der Waals surface area (Å²) in [6.07, 6.45) is 2.83. The van der Waals surface area contributed by atoms with Gasteiger partial charge in [0, 0.05) is 17.2 Å². The molecule has 3 rings (SSSR count). The summed E-state index contributed by atoms with van der Waals surface area (Å²) >= 11 is 0. The van der Waals surface area contributed by atoms with E-state index in [9.17, 15) is 8.78 Å². The monoisotopic (exact) mass is 257 g/mol. The molecule has 0 saturated carbocycles. The Morgan fingerprint density at radius 3 is 2.72 bits per heavy atom. The lowest BCUT2D eigenvalue weighted by atomic mass is 9.72. The molecule has 3 aliphatic rings. The van der Waals surface area contributed by atoms with E-state index in [4.69, 9.17) is 17.2 Å². The molecule has 0 aromatic carbocycles. The van der Waals surface area contributed by atoms with Crippen LogP contribution in [0.3, 0.4) is 0 Å². The van der Waals surface area contributed by atoms with Gasteiger partial charge in [0.1, 0.15) is 12.0 Å². The lowest BCUT2D eigenvalue weighted by molar-refractivity contribution is 0.156. The second kappa shape index (κ2) is 4.63. The van der Waals surface area contributed by atoms with Crippen molar-refractivity contribution in [1.29, 1.82) is 0 Å². The number of rotatable bonds is 1. The highest BCUT2D eigenvalue weighted by molar-refractivity contribution is 5.26. The first-order valence-corrected chi connectivity index (χ1v) is 6.33. The van der Waals surface area contributed by atoms with Crippen molar-refractivity contribution in [3.05, 3.63) is 23.7 Å². The van der Waals surface area contributed by atoms with Crippen LogP contribution in [0.2, 0.25) is 0 Å². The van der Waals surface area contributed by atoms with Crippen LogP contribution in [-0.2, 0) is 0 Å². The number of hydrogen-bond donors (Lipinski definition) is 3. The highest BCUT2D eigenvalue weighted by atomic mass is 19.1. The van der Waals surface area contributed by atoms with Gasteiger partial charge in [-0.25, -0.2) is 8.78 Å². The van der Waals surface area contributed by atoms with Gasteiger partial charge in [0.05, 0.1) is 5.92 Å². The van der Waals surface area contributed by atoms with Crippen molar-refractivity contribution in [1.82, 2.24) is 0 Å². The van der Waals surface area contributed by atoms with Crippen molar-refractivity contribution in [2.75, 3.05) is 6.54 Å². The third-order valence-corrected chi connectivity index (χ3v) is 4.19. The van der Waals surface area contributed by atoms with E-state index in [1.165, 1.54) is 0 Å².